The van der Waals surface area contributed by atoms with Crippen molar-refractivity contribution in [3.8, 4) is 0 Å². The molecule has 2 heterocycles. The summed E-state index contributed by atoms with van der Waals surface area (Å²) in [5, 5.41) is 20.9. The standard InChI is InChI=1S/C31H58O11/c1-14-22(32)31(11,38-17-36-13)26-19(3)23(39-28(6,7)42-26)18(2)15-30(10,37-16-35-12)25-20(4)24(21(5)27(33)34)40-29(8,9)41-25/h18-26,32H,14-17H2,1-13H3,(H,33,34)/t18-,19+,20+,21-,22-,23+,24+,25-,26-,30-,31-/m1/s1. The van der Waals surface area contributed by atoms with Crippen LogP contribution in [0.1, 0.15) is 89.0 Å². The summed E-state index contributed by atoms with van der Waals surface area (Å²) in [5.74, 6) is -4.24. The van der Waals surface area contributed by atoms with Gasteiger partial charge in [-0.15, -0.1) is 0 Å². The van der Waals surface area contributed by atoms with E-state index < -0.39 is 59.1 Å². The zero-order chi connectivity index (χ0) is 32.3. The average molecular weight is 607 g/mol. The van der Waals surface area contributed by atoms with Crippen LogP contribution < -0.4 is 0 Å². The number of hydrogen-bond acceptors (Lipinski definition) is 10. The van der Waals surface area contributed by atoms with Gasteiger partial charge in [-0.1, -0.05) is 27.7 Å². The molecule has 2 aliphatic rings. The Morgan fingerprint density at radius 2 is 1.33 bits per heavy atom. The quantitative estimate of drug-likeness (QED) is 0.254. The summed E-state index contributed by atoms with van der Waals surface area (Å²) in [7, 11) is 3.11. The number of aliphatic hydroxyl groups is 1. The molecule has 11 heteroatoms. The van der Waals surface area contributed by atoms with Gasteiger partial charge in [0.1, 0.15) is 19.2 Å². The van der Waals surface area contributed by atoms with Gasteiger partial charge in [0.15, 0.2) is 11.6 Å². The molecule has 0 aromatic carbocycles. The molecule has 0 bridgehead atoms. The van der Waals surface area contributed by atoms with E-state index in [1.54, 1.807) is 35.0 Å². The Bertz CT molecular complexity index is 866. The lowest BCUT2D eigenvalue weighted by Gasteiger charge is -2.55. The predicted octanol–water partition coefficient (Wildman–Crippen LogP) is 4.58. The van der Waals surface area contributed by atoms with E-state index in [0.717, 1.165) is 0 Å². The third-order valence-electron chi connectivity index (χ3n) is 9.03. The highest BCUT2D eigenvalue weighted by molar-refractivity contribution is 5.70. The fourth-order valence-electron chi connectivity index (χ4n) is 6.91. The summed E-state index contributed by atoms with van der Waals surface area (Å²) in [6.07, 6.45) is -1.75. The summed E-state index contributed by atoms with van der Waals surface area (Å²) < 4.78 is 48.8. The van der Waals surface area contributed by atoms with Crippen LogP contribution in [-0.2, 0) is 42.7 Å². The molecule has 0 aliphatic carbocycles. The lowest BCUT2D eigenvalue weighted by atomic mass is 9.72. The van der Waals surface area contributed by atoms with E-state index >= 15 is 0 Å². The van der Waals surface area contributed by atoms with Crippen LogP contribution in [0.3, 0.4) is 0 Å². The molecule has 248 valence electrons. The number of carbonyl (C=O) groups is 1. The summed E-state index contributed by atoms with van der Waals surface area (Å²) in [4.78, 5) is 12.0. The molecule has 2 saturated heterocycles. The van der Waals surface area contributed by atoms with E-state index in [4.69, 9.17) is 37.9 Å². The number of methoxy groups -OCH3 is 2. The molecule has 0 radical (unpaired) electrons. The molecular weight excluding hydrogens is 548 g/mol. The smallest absolute Gasteiger partial charge is 0.308 e. The molecule has 0 spiro atoms. The Balaban J connectivity index is 2.47. The highest BCUT2D eigenvalue weighted by atomic mass is 16.7. The molecule has 2 aliphatic heterocycles. The van der Waals surface area contributed by atoms with Crippen LogP contribution in [0.15, 0.2) is 0 Å². The van der Waals surface area contributed by atoms with Gasteiger partial charge in [0.05, 0.1) is 42.0 Å². The van der Waals surface area contributed by atoms with Crippen LogP contribution in [0.5, 0.6) is 0 Å². The molecule has 2 rings (SSSR count). The predicted molar refractivity (Wildman–Crippen MR) is 156 cm³/mol. The first-order chi connectivity index (χ1) is 19.3. The largest absolute Gasteiger partial charge is 0.481 e. The Morgan fingerprint density at radius 3 is 1.83 bits per heavy atom. The highest BCUT2D eigenvalue weighted by Gasteiger charge is 2.56. The molecule has 2 N–H and O–H groups in total. The Hall–Kier alpha value is -0.890. The fourth-order valence-corrected chi connectivity index (χ4v) is 6.91. The van der Waals surface area contributed by atoms with Crippen molar-refractivity contribution >= 4 is 5.97 Å². The molecule has 2 fully saturated rings. The van der Waals surface area contributed by atoms with Crippen molar-refractivity contribution in [3.63, 3.8) is 0 Å². The zero-order valence-electron chi connectivity index (χ0n) is 28.1. The second-order valence-corrected chi connectivity index (χ2v) is 13.6. The first-order valence-corrected chi connectivity index (χ1v) is 15.2. The molecule has 0 aromatic rings. The Labute approximate surface area is 252 Å². The minimum atomic E-state index is -1.05. The topological polar surface area (TPSA) is 131 Å². The first-order valence-electron chi connectivity index (χ1n) is 15.2. The number of carboxylic acid groups (broad SMARTS) is 1. The van der Waals surface area contributed by atoms with Crippen LogP contribution in [-0.4, -0.2) is 97.3 Å². The van der Waals surface area contributed by atoms with Crippen molar-refractivity contribution < 1.29 is 52.9 Å². The number of rotatable bonds is 15. The maximum atomic E-state index is 12.0. The van der Waals surface area contributed by atoms with Gasteiger partial charge < -0.3 is 48.1 Å². The molecular formula is C31H58O11. The van der Waals surface area contributed by atoms with E-state index in [1.165, 1.54) is 0 Å². The van der Waals surface area contributed by atoms with Crippen molar-refractivity contribution in [1.82, 2.24) is 0 Å². The van der Waals surface area contributed by atoms with Crippen LogP contribution >= 0.6 is 0 Å². The maximum Gasteiger partial charge on any atom is 0.308 e. The molecule has 0 aromatic heterocycles. The minimum Gasteiger partial charge on any atom is -0.481 e. The fraction of sp³-hybridized carbons (Fsp3) is 0.968. The van der Waals surface area contributed by atoms with E-state index in [9.17, 15) is 15.0 Å². The minimum absolute atomic E-state index is 0.00920. The summed E-state index contributed by atoms with van der Waals surface area (Å²) in [6, 6.07) is 0. The van der Waals surface area contributed by atoms with Crippen molar-refractivity contribution in [2.75, 3.05) is 27.8 Å². The average Bonchev–Trinajstić information content (AvgIpc) is 2.91. The molecule has 0 amide bonds. The van der Waals surface area contributed by atoms with Crippen LogP contribution in [0.25, 0.3) is 0 Å². The lowest BCUT2D eigenvalue weighted by molar-refractivity contribution is -0.373. The summed E-state index contributed by atoms with van der Waals surface area (Å²) in [5.41, 5.74) is -1.95. The van der Waals surface area contributed by atoms with Crippen LogP contribution in [0.4, 0.5) is 0 Å². The lowest BCUT2D eigenvalue weighted by Crippen LogP contribution is -2.65. The van der Waals surface area contributed by atoms with Gasteiger partial charge in [-0.25, -0.2) is 0 Å². The van der Waals surface area contributed by atoms with E-state index in [-0.39, 0.29) is 37.4 Å². The number of ether oxygens (including phenoxy) is 8. The highest BCUT2D eigenvalue weighted by Crippen LogP contribution is 2.46. The van der Waals surface area contributed by atoms with Gasteiger partial charge >= 0.3 is 5.97 Å². The van der Waals surface area contributed by atoms with Gasteiger partial charge in [-0.2, -0.15) is 0 Å². The zero-order valence-corrected chi connectivity index (χ0v) is 28.1. The number of aliphatic hydroxyl groups excluding tert-OH is 1. The molecule has 11 nitrogen and oxygen atoms in total. The van der Waals surface area contributed by atoms with Gasteiger partial charge in [-0.3, -0.25) is 4.79 Å². The van der Waals surface area contributed by atoms with E-state index in [2.05, 4.69) is 6.92 Å². The van der Waals surface area contributed by atoms with Gasteiger partial charge in [0.25, 0.3) is 0 Å². The number of carboxylic acids is 1. The summed E-state index contributed by atoms with van der Waals surface area (Å²) >= 11 is 0. The monoisotopic (exact) mass is 606 g/mol. The van der Waals surface area contributed by atoms with Gasteiger partial charge in [0.2, 0.25) is 0 Å². The molecule has 0 unspecified atom stereocenters. The van der Waals surface area contributed by atoms with E-state index in [0.29, 0.717) is 12.8 Å². The maximum absolute atomic E-state index is 12.0. The van der Waals surface area contributed by atoms with Crippen molar-refractivity contribution in [1.29, 1.82) is 0 Å². The Kier molecular flexibility index (Phi) is 12.9. The molecule has 42 heavy (non-hydrogen) atoms. The normalized spacial score (nSPS) is 34.5. The second kappa shape index (κ2) is 14.5. The first kappa shape index (κ1) is 37.3. The van der Waals surface area contributed by atoms with Crippen molar-refractivity contribution in [2.24, 2.45) is 23.7 Å². The third kappa shape index (κ3) is 8.43. The van der Waals surface area contributed by atoms with Crippen molar-refractivity contribution in [3.05, 3.63) is 0 Å². The Morgan fingerprint density at radius 1 is 0.857 bits per heavy atom. The molecule has 0 saturated carbocycles. The van der Waals surface area contributed by atoms with Gasteiger partial charge in [0, 0.05) is 26.1 Å². The molecule has 11 atom stereocenters. The number of aliphatic carboxylic acids is 1. The van der Waals surface area contributed by atoms with Crippen LogP contribution in [0, 0.1) is 23.7 Å². The second-order valence-electron chi connectivity index (χ2n) is 13.6. The van der Waals surface area contributed by atoms with Gasteiger partial charge in [-0.05, 0) is 67.2 Å². The number of hydrogen-bond donors (Lipinski definition) is 2. The SMILES string of the molecule is CC[C@@H](O)[C@@](C)(OCOC)[C@@H]1OC(C)(C)O[C@@H]([C@H](C)C[C@@](C)(OCOC)[C@@H]2OC(C)(C)O[C@H]([C@@H](C)C(=O)O)[C@@H]2C)[C@@H]1C. The summed E-state index contributed by atoms with van der Waals surface area (Å²) in [6.45, 7) is 20.9. The van der Waals surface area contributed by atoms with Crippen molar-refractivity contribution in [2.45, 2.75) is 142 Å². The van der Waals surface area contributed by atoms with E-state index in [1.807, 2.05) is 48.5 Å². The third-order valence-corrected chi connectivity index (χ3v) is 9.03. The van der Waals surface area contributed by atoms with Crippen LogP contribution in [0.2, 0.25) is 0 Å².